The number of rotatable bonds is 3. The van der Waals surface area contributed by atoms with Crippen molar-refractivity contribution in [3.8, 4) is 0 Å². The molecule has 1 aliphatic rings. The number of aromatic nitrogens is 2. The second kappa shape index (κ2) is 4.72. The van der Waals surface area contributed by atoms with E-state index in [4.69, 9.17) is 27.9 Å². The average Bonchev–Trinajstić information content (AvgIpc) is 2.66. The van der Waals surface area contributed by atoms with E-state index in [2.05, 4.69) is 9.55 Å². The minimum Gasteiger partial charge on any atom is -0.381 e. The molecule has 1 aliphatic carbocycles. The van der Waals surface area contributed by atoms with Gasteiger partial charge in [-0.15, -0.1) is 11.6 Å². The van der Waals surface area contributed by atoms with E-state index >= 15 is 0 Å². The number of alkyl halides is 1. The molecule has 0 saturated heterocycles. The van der Waals surface area contributed by atoms with Gasteiger partial charge in [-0.05, 0) is 31.0 Å². The van der Waals surface area contributed by atoms with Gasteiger partial charge in [0, 0.05) is 18.2 Å². The topological polar surface area (TPSA) is 27.1 Å². The zero-order valence-corrected chi connectivity index (χ0v) is 11.6. The maximum absolute atomic E-state index is 6.07. The normalized spacial score (nSPS) is 23.3. The summed E-state index contributed by atoms with van der Waals surface area (Å²) in [6.45, 7) is 0. The molecule has 0 aliphatic heterocycles. The van der Waals surface area contributed by atoms with Crippen LogP contribution in [0.2, 0.25) is 5.02 Å². The Morgan fingerprint density at radius 2 is 2.22 bits per heavy atom. The van der Waals surface area contributed by atoms with Crippen molar-refractivity contribution in [3.05, 3.63) is 29.0 Å². The fraction of sp³-hybridized carbons (Fsp3) is 0.462. The Hall–Kier alpha value is -0.770. The molecule has 1 saturated carbocycles. The number of imidazole rings is 1. The van der Waals surface area contributed by atoms with Gasteiger partial charge in [-0.2, -0.15) is 0 Å². The molecule has 96 valence electrons. The third-order valence-corrected chi connectivity index (χ3v) is 4.09. The van der Waals surface area contributed by atoms with Crippen molar-refractivity contribution in [3.63, 3.8) is 0 Å². The lowest BCUT2D eigenvalue weighted by Gasteiger charge is -2.36. The molecular weight excluding hydrogens is 271 g/mol. The van der Waals surface area contributed by atoms with Crippen molar-refractivity contribution in [1.29, 1.82) is 0 Å². The molecule has 2 aromatic rings. The Kier molecular flexibility index (Phi) is 3.22. The van der Waals surface area contributed by atoms with E-state index in [1.165, 1.54) is 0 Å². The minimum atomic E-state index is 0.356. The van der Waals surface area contributed by atoms with Crippen molar-refractivity contribution in [2.24, 2.45) is 0 Å². The van der Waals surface area contributed by atoms with Crippen LogP contribution in [0.15, 0.2) is 18.2 Å². The van der Waals surface area contributed by atoms with Crippen LogP contribution in [0.3, 0.4) is 0 Å². The molecule has 0 bridgehead atoms. The predicted molar refractivity (Wildman–Crippen MR) is 73.4 cm³/mol. The molecule has 1 heterocycles. The van der Waals surface area contributed by atoms with E-state index in [1.54, 1.807) is 7.11 Å². The van der Waals surface area contributed by atoms with Gasteiger partial charge in [-0.25, -0.2) is 4.98 Å². The van der Waals surface area contributed by atoms with Crippen LogP contribution >= 0.6 is 23.2 Å². The van der Waals surface area contributed by atoms with Gasteiger partial charge in [-0.1, -0.05) is 11.6 Å². The first-order valence-electron chi connectivity index (χ1n) is 5.98. The van der Waals surface area contributed by atoms with Crippen LogP contribution in [0, 0.1) is 0 Å². The van der Waals surface area contributed by atoms with E-state index in [1.807, 2.05) is 18.2 Å². The fourth-order valence-corrected chi connectivity index (χ4v) is 2.91. The SMILES string of the molecule is COC1CC(n2c(CCl)nc3ccc(Cl)cc32)C1. The molecule has 1 aromatic carbocycles. The lowest BCUT2D eigenvalue weighted by Crippen LogP contribution is -2.33. The maximum atomic E-state index is 6.07. The Bertz CT molecular complexity index is 576. The van der Waals surface area contributed by atoms with Crippen LogP contribution in [-0.4, -0.2) is 22.8 Å². The molecule has 1 aromatic heterocycles. The number of hydrogen-bond acceptors (Lipinski definition) is 2. The fourth-order valence-electron chi connectivity index (χ4n) is 2.56. The van der Waals surface area contributed by atoms with Crippen LogP contribution in [0.4, 0.5) is 0 Å². The van der Waals surface area contributed by atoms with Gasteiger partial charge in [0.2, 0.25) is 0 Å². The van der Waals surface area contributed by atoms with Gasteiger partial charge in [-0.3, -0.25) is 0 Å². The molecule has 3 rings (SSSR count). The maximum Gasteiger partial charge on any atom is 0.125 e. The van der Waals surface area contributed by atoms with E-state index in [-0.39, 0.29) is 0 Å². The molecule has 0 atom stereocenters. The molecule has 5 heteroatoms. The standard InChI is InChI=1S/C13H14Cl2N2O/c1-18-10-5-9(6-10)17-12-4-8(15)2-3-11(12)16-13(17)7-14/h2-4,9-10H,5-7H2,1H3. The number of benzene rings is 1. The highest BCUT2D eigenvalue weighted by Gasteiger charge is 2.32. The Balaban J connectivity index is 2.05. The molecule has 1 fully saturated rings. The number of halogens is 2. The van der Waals surface area contributed by atoms with Crippen LogP contribution in [0.25, 0.3) is 11.0 Å². The largest absolute Gasteiger partial charge is 0.381 e. The summed E-state index contributed by atoms with van der Waals surface area (Å²) in [4.78, 5) is 4.56. The van der Waals surface area contributed by atoms with Gasteiger partial charge in [0.1, 0.15) is 5.82 Å². The Morgan fingerprint density at radius 3 is 2.89 bits per heavy atom. The lowest BCUT2D eigenvalue weighted by atomic mass is 9.89. The lowest BCUT2D eigenvalue weighted by molar-refractivity contribution is 0.00675. The van der Waals surface area contributed by atoms with Gasteiger partial charge < -0.3 is 9.30 Å². The first-order valence-corrected chi connectivity index (χ1v) is 6.89. The molecule has 0 radical (unpaired) electrons. The quantitative estimate of drug-likeness (QED) is 0.802. The molecular formula is C13H14Cl2N2O. The van der Waals surface area contributed by atoms with Crippen LogP contribution < -0.4 is 0 Å². The Labute approximate surface area is 116 Å². The zero-order valence-electron chi connectivity index (χ0n) is 10.1. The van der Waals surface area contributed by atoms with E-state index in [0.717, 1.165) is 34.7 Å². The van der Waals surface area contributed by atoms with Gasteiger partial charge in [0.15, 0.2) is 0 Å². The number of hydrogen-bond donors (Lipinski definition) is 0. The minimum absolute atomic E-state index is 0.356. The monoisotopic (exact) mass is 284 g/mol. The summed E-state index contributed by atoms with van der Waals surface area (Å²) in [6, 6.07) is 6.18. The zero-order chi connectivity index (χ0) is 12.7. The first kappa shape index (κ1) is 12.3. The van der Waals surface area contributed by atoms with Crippen LogP contribution in [0.1, 0.15) is 24.7 Å². The van der Waals surface area contributed by atoms with Crippen LogP contribution in [0.5, 0.6) is 0 Å². The number of nitrogens with zero attached hydrogens (tertiary/aromatic N) is 2. The third kappa shape index (κ3) is 1.91. The van der Waals surface area contributed by atoms with Gasteiger partial charge >= 0.3 is 0 Å². The third-order valence-electron chi connectivity index (χ3n) is 3.61. The number of methoxy groups -OCH3 is 1. The number of fused-ring (bicyclic) bond motifs is 1. The molecule has 18 heavy (non-hydrogen) atoms. The predicted octanol–water partition coefficient (Wildman–Crippen LogP) is 3.78. The van der Waals surface area contributed by atoms with E-state index in [9.17, 15) is 0 Å². The summed E-state index contributed by atoms with van der Waals surface area (Å²) >= 11 is 12.1. The molecule has 0 N–H and O–H groups in total. The van der Waals surface area contributed by atoms with Crippen molar-refractivity contribution in [1.82, 2.24) is 9.55 Å². The van der Waals surface area contributed by atoms with Gasteiger partial charge in [0.25, 0.3) is 0 Å². The highest BCUT2D eigenvalue weighted by molar-refractivity contribution is 6.31. The molecule has 0 amide bonds. The summed E-state index contributed by atoms with van der Waals surface area (Å²) in [6.07, 6.45) is 2.38. The highest BCUT2D eigenvalue weighted by Crippen LogP contribution is 2.38. The summed E-state index contributed by atoms with van der Waals surface area (Å²) in [5, 5.41) is 0.729. The highest BCUT2D eigenvalue weighted by atomic mass is 35.5. The second-order valence-corrected chi connectivity index (χ2v) is 5.35. The summed E-state index contributed by atoms with van der Waals surface area (Å²) < 4.78 is 7.54. The number of ether oxygens (including phenoxy) is 1. The van der Waals surface area contributed by atoms with Crippen molar-refractivity contribution in [2.75, 3.05) is 7.11 Å². The van der Waals surface area contributed by atoms with E-state index < -0.39 is 0 Å². The smallest absolute Gasteiger partial charge is 0.125 e. The first-order chi connectivity index (χ1) is 8.72. The van der Waals surface area contributed by atoms with Gasteiger partial charge in [0.05, 0.1) is 23.0 Å². The second-order valence-electron chi connectivity index (χ2n) is 4.65. The van der Waals surface area contributed by atoms with Crippen molar-refractivity contribution in [2.45, 2.75) is 30.9 Å². The summed E-state index contributed by atoms with van der Waals surface area (Å²) in [5.41, 5.74) is 2.02. The molecule has 3 nitrogen and oxygen atoms in total. The van der Waals surface area contributed by atoms with Crippen molar-refractivity contribution < 1.29 is 4.74 Å². The average molecular weight is 285 g/mol. The summed E-state index contributed by atoms with van der Waals surface area (Å²) in [5.74, 6) is 1.33. The molecule has 0 spiro atoms. The van der Waals surface area contributed by atoms with Crippen molar-refractivity contribution >= 4 is 34.2 Å². The van der Waals surface area contributed by atoms with E-state index in [0.29, 0.717) is 18.0 Å². The summed E-state index contributed by atoms with van der Waals surface area (Å²) in [7, 11) is 1.76. The van der Waals surface area contributed by atoms with Crippen LogP contribution in [-0.2, 0) is 10.6 Å². The Morgan fingerprint density at radius 1 is 1.44 bits per heavy atom. The molecule has 0 unspecified atom stereocenters.